The summed E-state index contributed by atoms with van der Waals surface area (Å²) in [5.41, 5.74) is 1.68. The van der Waals surface area contributed by atoms with Crippen LogP contribution in [0.2, 0.25) is 0 Å². The van der Waals surface area contributed by atoms with Crippen molar-refractivity contribution in [2.75, 3.05) is 13.7 Å². The number of nitrogens with one attached hydrogen (secondary N) is 1. The Bertz CT molecular complexity index is 1090. The zero-order valence-electron chi connectivity index (χ0n) is 19.1. The summed E-state index contributed by atoms with van der Waals surface area (Å²) >= 11 is 5.78. The zero-order chi connectivity index (χ0) is 23.1. The summed E-state index contributed by atoms with van der Waals surface area (Å²) in [6.45, 7) is 5.97. The van der Waals surface area contributed by atoms with Crippen molar-refractivity contribution in [1.29, 1.82) is 0 Å². The molecule has 32 heavy (non-hydrogen) atoms. The normalized spacial score (nSPS) is 12.2. The molecule has 1 atom stereocenters. The van der Waals surface area contributed by atoms with Crippen LogP contribution in [-0.2, 0) is 11.2 Å². The summed E-state index contributed by atoms with van der Waals surface area (Å²) < 4.78 is 10.8. The Morgan fingerprint density at radius 1 is 1.12 bits per heavy atom. The topological polar surface area (TPSA) is 60.5 Å². The molecular weight excluding hydrogens is 420 g/mol. The molecule has 0 spiro atoms. The van der Waals surface area contributed by atoms with Crippen LogP contribution in [0.5, 0.6) is 5.75 Å². The van der Waals surface area contributed by atoms with Crippen LogP contribution >= 0.6 is 12.2 Å². The Morgan fingerprint density at radius 2 is 1.94 bits per heavy atom. The van der Waals surface area contributed by atoms with Crippen molar-refractivity contribution in [2.24, 2.45) is 0 Å². The SMILES string of the molecule is COc1cccc(C(CNC(=O)OC(C)(C)C)CC(=S)Cc2ccc3cnccc3c2)c1. The maximum Gasteiger partial charge on any atom is 0.407 e. The van der Waals surface area contributed by atoms with Gasteiger partial charge in [0, 0.05) is 36.7 Å². The van der Waals surface area contributed by atoms with Crippen molar-refractivity contribution in [3.05, 3.63) is 72.1 Å². The fourth-order valence-electron chi connectivity index (χ4n) is 3.54. The van der Waals surface area contributed by atoms with E-state index in [2.05, 4.69) is 28.5 Å². The highest BCUT2D eigenvalue weighted by Gasteiger charge is 2.20. The van der Waals surface area contributed by atoms with Gasteiger partial charge in [-0.3, -0.25) is 4.98 Å². The van der Waals surface area contributed by atoms with Crippen LogP contribution in [0.15, 0.2) is 60.9 Å². The minimum atomic E-state index is -0.545. The molecular formula is C26H30N2O3S. The minimum absolute atomic E-state index is 0.00905. The number of rotatable bonds is 8. The molecule has 3 aromatic rings. The third-order valence-corrected chi connectivity index (χ3v) is 5.35. The summed E-state index contributed by atoms with van der Waals surface area (Å²) in [5.74, 6) is 0.786. The molecule has 0 aliphatic heterocycles. The van der Waals surface area contributed by atoms with Gasteiger partial charge >= 0.3 is 6.09 Å². The molecule has 3 rings (SSSR count). The van der Waals surface area contributed by atoms with E-state index in [0.717, 1.165) is 32.5 Å². The molecule has 0 aliphatic carbocycles. The molecule has 0 aliphatic rings. The van der Waals surface area contributed by atoms with Crippen LogP contribution in [0.1, 0.15) is 44.2 Å². The van der Waals surface area contributed by atoms with E-state index in [9.17, 15) is 4.79 Å². The van der Waals surface area contributed by atoms with Crippen molar-refractivity contribution in [3.63, 3.8) is 0 Å². The van der Waals surface area contributed by atoms with Gasteiger partial charge in [0.05, 0.1) is 7.11 Å². The highest BCUT2D eigenvalue weighted by Crippen LogP contribution is 2.25. The van der Waals surface area contributed by atoms with Gasteiger partial charge in [-0.1, -0.05) is 42.5 Å². The van der Waals surface area contributed by atoms with Crippen molar-refractivity contribution < 1.29 is 14.3 Å². The maximum atomic E-state index is 12.2. The summed E-state index contributed by atoms with van der Waals surface area (Å²) in [6.07, 6.45) is 4.58. The van der Waals surface area contributed by atoms with Crippen molar-refractivity contribution >= 4 is 33.9 Å². The number of alkyl carbamates (subject to hydrolysis) is 1. The molecule has 168 valence electrons. The molecule has 6 heteroatoms. The van der Waals surface area contributed by atoms with Crippen LogP contribution < -0.4 is 10.1 Å². The molecule has 0 saturated carbocycles. The third kappa shape index (κ3) is 7.02. The Morgan fingerprint density at radius 3 is 2.69 bits per heavy atom. The van der Waals surface area contributed by atoms with Crippen LogP contribution in [0.4, 0.5) is 4.79 Å². The fraction of sp³-hybridized carbons (Fsp3) is 0.346. The maximum absolute atomic E-state index is 12.2. The summed E-state index contributed by atoms with van der Waals surface area (Å²) in [6, 6.07) is 16.2. The van der Waals surface area contributed by atoms with Crippen molar-refractivity contribution in [1.82, 2.24) is 10.3 Å². The second-order valence-electron chi connectivity index (χ2n) is 8.83. The van der Waals surface area contributed by atoms with Crippen molar-refractivity contribution in [3.8, 4) is 5.75 Å². The first-order valence-electron chi connectivity index (χ1n) is 10.7. The summed E-state index contributed by atoms with van der Waals surface area (Å²) in [5, 5.41) is 5.16. The Kier molecular flexibility index (Phi) is 7.80. The van der Waals surface area contributed by atoms with Gasteiger partial charge in [-0.2, -0.15) is 0 Å². The van der Waals surface area contributed by atoms with Gasteiger partial charge in [0.25, 0.3) is 0 Å². The van der Waals surface area contributed by atoms with Gasteiger partial charge in [0.15, 0.2) is 0 Å². The first kappa shape index (κ1) is 23.7. The molecule has 0 saturated heterocycles. The lowest BCUT2D eigenvalue weighted by atomic mass is 9.92. The molecule has 1 unspecified atom stereocenters. The summed E-state index contributed by atoms with van der Waals surface area (Å²) in [7, 11) is 1.65. The molecule has 1 aromatic heterocycles. The number of carbonyl (C=O) groups is 1. The van der Waals surface area contributed by atoms with E-state index in [1.807, 2.05) is 57.3 Å². The number of carbonyl (C=O) groups excluding carboxylic acids is 1. The number of methoxy groups -OCH3 is 1. The smallest absolute Gasteiger partial charge is 0.407 e. The number of aromatic nitrogens is 1. The predicted octanol–water partition coefficient (Wildman–Crippen LogP) is 5.85. The van der Waals surface area contributed by atoms with Gasteiger partial charge in [0.2, 0.25) is 0 Å². The first-order chi connectivity index (χ1) is 15.2. The number of fused-ring (bicyclic) bond motifs is 1. The molecule has 5 nitrogen and oxygen atoms in total. The van der Waals surface area contributed by atoms with E-state index in [-0.39, 0.29) is 5.92 Å². The molecule has 1 heterocycles. The van der Waals surface area contributed by atoms with Crippen LogP contribution in [0.3, 0.4) is 0 Å². The lowest BCUT2D eigenvalue weighted by Gasteiger charge is -2.23. The minimum Gasteiger partial charge on any atom is -0.497 e. The number of nitrogens with zero attached hydrogens (tertiary/aromatic N) is 1. The molecule has 0 bridgehead atoms. The second-order valence-corrected chi connectivity index (χ2v) is 9.41. The second kappa shape index (κ2) is 10.6. The molecule has 1 amide bonds. The van der Waals surface area contributed by atoms with Crippen LogP contribution in [-0.4, -0.2) is 35.2 Å². The van der Waals surface area contributed by atoms with Gasteiger partial charge in [-0.25, -0.2) is 4.79 Å². The van der Waals surface area contributed by atoms with Crippen LogP contribution in [0.25, 0.3) is 10.8 Å². The Balaban J connectivity index is 1.72. The third-order valence-electron chi connectivity index (χ3n) is 5.04. The van der Waals surface area contributed by atoms with Gasteiger partial charge in [-0.15, -0.1) is 0 Å². The number of hydrogen-bond donors (Lipinski definition) is 1. The fourth-order valence-corrected chi connectivity index (χ4v) is 3.91. The average molecular weight is 451 g/mol. The number of amides is 1. The van der Waals surface area contributed by atoms with Gasteiger partial charge in [-0.05, 0) is 66.8 Å². The highest BCUT2D eigenvalue weighted by atomic mass is 32.1. The molecule has 2 aromatic carbocycles. The lowest BCUT2D eigenvalue weighted by molar-refractivity contribution is 0.0524. The molecule has 0 fully saturated rings. The van der Waals surface area contributed by atoms with E-state index in [1.54, 1.807) is 13.3 Å². The number of benzene rings is 2. The Hall–Kier alpha value is -2.99. The van der Waals surface area contributed by atoms with E-state index in [0.29, 0.717) is 19.4 Å². The quantitative estimate of drug-likeness (QED) is 0.436. The lowest BCUT2D eigenvalue weighted by Crippen LogP contribution is -2.35. The van der Waals surface area contributed by atoms with Crippen LogP contribution in [0, 0.1) is 0 Å². The zero-order valence-corrected chi connectivity index (χ0v) is 19.9. The van der Waals surface area contributed by atoms with E-state index in [4.69, 9.17) is 21.7 Å². The number of hydrogen-bond acceptors (Lipinski definition) is 5. The largest absolute Gasteiger partial charge is 0.497 e. The monoisotopic (exact) mass is 450 g/mol. The van der Waals surface area contributed by atoms with Gasteiger partial charge < -0.3 is 14.8 Å². The number of thiocarbonyl (C=S) groups is 1. The number of ether oxygens (including phenoxy) is 2. The predicted molar refractivity (Wildman–Crippen MR) is 133 cm³/mol. The highest BCUT2D eigenvalue weighted by molar-refractivity contribution is 7.80. The van der Waals surface area contributed by atoms with Crippen molar-refractivity contribution in [2.45, 2.75) is 45.1 Å². The Labute approximate surface area is 195 Å². The van der Waals surface area contributed by atoms with Gasteiger partial charge in [0.1, 0.15) is 11.4 Å². The molecule has 1 N–H and O–H groups in total. The van der Waals surface area contributed by atoms with E-state index < -0.39 is 11.7 Å². The van der Waals surface area contributed by atoms with E-state index in [1.165, 1.54) is 0 Å². The standard InChI is InChI=1S/C26H30N2O3S/c1-26(2,3)31-25(29)28-17-22(19-6-5-7-23(14-19)30-4)15-24(32)13-18-8-9-21-16-27-11-10-20(21)12-18/h5-12,14,16,22H,13,15,17H2,1-4H3,(H,28,29). The first-order valence-corrected chi connectivity index (χ1v) is 11.1. The number of pyridine rings is 1. The summed E-state index contributed by atoms with van der Waals surface area (Å²) in [4.78, 5) is 17.3. The molecule has 0 radical (unpaired) electrons. The van der Waals surface area contributed by atoms with E-state index >= 15 is 0 Å². The average Bonchev–Trinajstić information content (AvgIpc) is 2.75.